The van der Waals surface area contributed by atoms with Gasteiger partial charge in [-0.15, -0.1) is 10.2 Å². The van der Waals surface area contributed by atoms with Crippen LogP contribution in [0.15, 0.2) is 95.3 Å². The number of hydrogen-bond donors (Lipinski definition) is 2. The molecule has 5 nitrogen and oxygen atoms in total. The molecular formula is C21H16N4O. The first-order chi connectivity index (χ1) is 12.8. The minimum Gasteiger partial charge on any atom is -0.359 e. The second-order valence-corrected chi connectivity index (χ2v) is 5.76. The van der Waals surface area contributed by atoms with Gasteiger partial charge in [-0.25, -0.2) is 0 Å². The molecule has 0 spiro atoms. The van der Waals surface area contributed by atoms with Gasteiger partial charge in [0.15, 0.2) is 0 Å². The van der Waals surface area contributed by atoms with E-state index in [1.165, 1.54) is 0 Å². The summed E-state index contributed by atoms with van der Waals surface area (Å²) in [5.41, 5.74) is 3.46. The fourth-order valence-corrected chi connectivity index (χ4v) is 2.72. The number of aromatic nitrogens is 1. The van der Waals surface area contributed by atoms with Crippen molar-refractivity contribution in [1.29, 1.82) is 0 Å². The Kier molecular flexibility index (Phi) is 4.26. The SMILES string of the molecule is O=C(Nc1ccccc1)c1ccccc1N=Nc1c[nH]c2ccccc12. The topological polar surface area (TPSA) is 69.6 Å². The standard InChI is InChI=1S/C21H16N4O/c26-21(23-15-8-2-1-3-9-15)17-11-5-7-13-19(17)24-25-20-14-22-18-12-6-4-10-16(18)20/h1-14,22H,(H,23,26). The van der Waals surface area contributed by atoms with Crippen LogP contribution in [0.4, 0.5) is 17.1 Å². The van der Waals surface area contributed by atoms with Gasteiger partial charge in [0.2, 0.25) is 0 Å². The highest BCUT2D eigenvalue weighted by molar-refractivity contribution is 6.07. The Morgan fingerprint density at radius 1 is 0.769 bits per heavy atom. The molecule has 26 heavy (non-hydrogen) atoms. The van der Waals surface area contributed by atoms with Crippen molar-refractivity contribution in [2.75, 3.05) is 5.32 Å². The molecule has 1 amide bonds. The highest BCUT2D eigenvalue weighted by Gasteiger charge is 2.11. The lowest BCUT2D eigenvalue weighted by Gasteiger charge is -2.06. The van der Waals surface area contributed by atoms with Crippen LogP contribution in [-0.4, -0.2) is 10.9 Å². The molecule has 3 aromatic carbocycles. The van der Waals surface area contributed by atoms with Crippen LogP contribution in [-0.2, 0) is 0 Å². The molecule has 0 aliphatic rings. The normalized spacial score (nSPS) is 11.1. The Hall–Kier alpha value is -3.73. The zero-order valence-corrected chi connectivity index (χ0v) is 13.9. The molecule has 126 valence electrons. The molecule has 0 unspecified atom stereocenters. The fourth-order valence-electron chi connectivity index (χ4n) is 2.72. The molecule has 5 heteroatoms. The molecule has 2 N–H and O–H groups in total. The Balaban J connectivity index is 1.62. The van der Waals surface area contributed by atoms with Crippen LogP contribution in [0, 0.1) is 0 Å². The summed E-state index contributed by atoms with van der Waals surface area (Å²) in [5.74, 6) is -0.218. The number of aromatic amines is 1. The van der Waals surface area contributed by atoms with Gasteiger partial charge in [0, 0.05) is 22.8 Å². The van der Waals surface area contributed by atoms with Crippen LogP contribution < -0.4 is 5.32 Å². The number of carbonyl (C=O) groups is 1. The molecule has 0 radical (unpaired) electrons. The lowest BCUT2D eigenvalue weighted by atomic mass is 10.1. The molecule has 0 aliphatic carbocycles. The molecule has 0 fully saturated rings. The van der Waals surface area contributed by atoms with Crippen molar-refractivity contribution in [3.63, 3.8) is 0 Å². The Labute approximate surface area is 150 Å². The van der Waals surface area contributed by atoms with Gasteiger partial charge in [0.25, 0.3) is 5.91 Å². The van der Waals surface area contributed by atoms with Crippen molar-refractivity contribution < 1.29 is 4.79 Å². The van der Waals surface area contributed by atoms with Crippen molar-refractivity contribution in [2.45, 2.75) is 0 Å². The number of azo groups is 1. The first kappa shape index (κ1) is 15.8. The van der Waals surface area contributed by atoms with E-state index in [0.29, 0.717) is 11.3 Å². The van der Waals surface area contributed by atoms with Gasteiger partial charge in [-0.05, 0) is 30.3 Å². The Morgan fingerprint density at radius 2 is 1.46 bits per heavy atom. The third-order valence-electron chi connectivity index (χ3n) is 4.01. The monoisotopic (exact) mass is 340 g/mol. The van der Waals surface area contributed by atoms with Crippen molar-refractivity contribution in [1.82, 2.24) is 4.98 Å². The number of carbonyl (C=O) groups excluding carboxylic acids is 1. The van der Waals surface area contributed by atoms with Crippen molar-refractivity contribution >= 4 is 33.9 Å². The second-order valence-electron chi connectivity index (χ2n) is 5.76. The van der Waals surface area contributed by atoms with Crippen molar-refractivity contribution in [3.8, 4) is 0 Å². The number of nitrogens with one attached hydrogen (secondary N) is 2. The van der Waals surface area contributed by atoms with E-state index in [4.69, 9.17) is 0 Å². The average Bonchev–Trinajstić information content (AvgIpc) is 3.10. The number of rotatable bonds is 4. The summed E-state index contributed by atoms with van der Waals surface area (Å²) >= 11 is 0. The zero-order chi connectivity index (χ0) is 17.8. The summed E-state index contributed by atoms with van der Waals surface area (Å²) in [6.07, 6.45) is 1.81. The highest BCUT2D eigenvalue weighted by atomic mass is 16.1. The minimum atomic E-state index is -0.218. The third kappa shape index (κ3) is 3.23. The first-order valence-corrected chi connectivity index (χ1v) is 8.24. The average molecular weight is 340 g/mol. The van der Waals surface area contributed by atoms with Gasteiger partial charge in [-0.2, -0.15) is 0 Å². The van der Waals surface area contributed by atoms with Gasteiger partial charge in [0.05, 0.1) is 11.3 Å². The van der Waals surface area contributed by atoms with Gasteiger partial charge in [0.1, 0.15) is 5.69 Å². The number of amides is 1. The maximum absolute atomic E-state index is 12.6. The zero-order valence-electron chi connectivity index (χ0n) is 13.9. The largest absolute Gasteiger partial charge is 0.359 e. The van der Waals surface area contributed by atoms with Crippen LogP contribution in [0.25, 0.3) is 10.9 Å². The fraction of sp³-hybridized carbons (Fsp3) is 0. The van der Waals surface area contributed by atoms with Crippen LogP contribution in [0.2, 0.25) is 0 Å². The highest BCUT2D eigenvalue weighted by Crippen LogP contribution is 2.28. The van der Waals surface area contributed by atoms with E-state index in [0.717, 1.165) is 22.3 Å². The number of fused-ring (bicyclic) bond motifs is 1. The number of anilines is 1. The predicted octanol–water partition coefficient (Wildman–Crippen LogP) is 5.84. The summed E-state index contributed by atoms with van der Waals surface area (Å²) in [7, 11) is 0. The lowest BCUT2D eigenvalue weighted by Crippen LogP contribution is -2.11. The van der Waals surface area contributed by atoms with Gasteiger partial charge in [-0.3, -0.25) is 4.79 Å². The van der Waals surface area contributed by atoms with Gasteiger partial charge in [-0.1, -0.05) is 48.5 Å². The summed E-state index contributed by atoms with van der Waals surface area (Å²) in [5, 5.41) is 12.5. The smallest absolute Gasteiger partial charge is 0.257 e. The number of hydrogen-bond acceptors (Lipinski definition) is 3. The molecule has 0 aliphatic heterocycles. The molecular weight excluding hydrogens is 324 g/mol. The van der Waals surface area contributed by atoms with Gasteiger partial charge >= 0.3 is 0 Å². The maximum Gasteiger partial charge on any atom is 0.257 e. The predicted molar refractivity (Wildman–Crippen MR) is 103 cm³/mol. The Bertz CT molecular complexity index is 1080. The third-order valence-corrected chi connectivity index (χ3v) is 4.01. The van der Waals surface area contributed by atoms with Crippen molar-refractivity contribution in [3.05, 3.63) is 90.6 Å². The second kappa shape index (κ2) is 7.03. The number of para-hydroxylation sites is 2. The van der Waals surface area contributed by atoms with E-state index in [2.05, 4.69) is 20.5 Å². The molecule has 1 heterocycles. The lowest BCUT2D eigenvalue weighted by molar-refractivity contribution is 0.102. The maximum atomic E-state index is 12.6. The van der Waals surface area contributed by atoms with E-state index >= 15 is 0 Å². The van der Waals surface area contributed by atoms with Crippen LogP contribution in [0.5, 0.6) is 0 Å². The van der Waals surface area contributed by atoms with Gasteiger partial charge < -0.3 is 10.3 Å². The molecule has 4 rings (SSSR count). The minimum absolute atomic E-state index is 0.218. The quantitative estimate of drug-likeness (QED) is 0.450. The van der Waals surface area contributed by atoms with E-state index in [9.17, 15) is 4.79 Å². The number of H-pyrrole nitrogens is 1. The summed E-state index contributed by atoms with van der Waals surface area (Å²) in [6.45, 7) is 0. The van der Waals surface area contributed by atoms with Crippen LogP contribution in [0.3, 0.4) is 0 Å². The van der Waals surface area contributed by atoms with Crippen LogP contribution >= 0.6 is 0 Å². The van der Waals surface area contributed by atoms with E-state index in [1.807, 2.05) is 66.7 Å². The molecule has 0 atom stereocenters. The molecule has 0 bridgehead atoms. The molecule has 4 aromatic rings. The first-order valence-electron chi connectivity index (χ1n) is 8.24. The number of nitrogens with zero attached hydrogens (tertiary/aromatic N) is 2. The van der Waals surface area contributed by atoms with E-state index in [1.54, 1.807) is 18.3 Å². The summed E-state index contributed by atoms with van der Waals surface area (Å²) in [6, 6.07) is 24.4. The van der Waals surface area contributed by atoms with E-state index in [-0.39, 0.29) is 5.91 Å². The summed E-state index contributed by atoms with van der Waals surface area (Å²) in [4.78, 5) is 15.8. The van der Waals surface area contributed by atoms with E-state index < -0.39 is 0 Å². The molecule has 1 aromatic heterocycles. The molecule has 0 saturated carbocycles. The molecule has 0 saturated heterocycles. The Morgan fingerprint density at radius 3 is 2.35 bits per heavy atom. The number of benzene rings is 3. The van der Waals surface area contributed by atoms with Crippen molar-refractivity contribution in [2.24, 2.45) is 10.2 Å². The van der Waals surface area contributed by atoms with Crippen LogP contribution in [0.1, 0.15) is 10.4 Å². The summed E-state index contributed by atoms with van der Waals surface area (Å²) < 4.78 is 0.